The van der Waals surface area contributed by atoms with Gasteiger partial charge >= 0.3 is 5.69 Å². The molecule has 1 saturated heterocycles. The minimum Gasteiger partial charge on any atom is -0.394 e. The van der Waals surface area contributed by atoms with E-state index < -0.39 is 42.4 Å². The van der Waals surface area contributed by atoms with Crippen molar-refractivity contribution < 1.29 is 20.1 Å². The van der Waals surface area contributed by atoms with Crippen LogP contribution in [0.4, 0.5) is 0 Å². The van der Waals surface area contributed by atoms with Crippen molar-refractivity contribution >= 4 is 0 Å². The van der Waals surface area contributed by atoms with Gasteiger partial charge in [-0.2, -0.15) is 0 Å². The fourth-order valence-electron chi connectivity index (χ4n) is 3.41. The summed E-state index contributed by atoms with van der Waals surface area (Å²) >= 11 is 0. The summed E-state index contributed by atoms with van der Waals surface area (Å²) in [6, 6.07) is 9.69. The molecule has 2 aromatic heterocycles. The molecule has 0 aliphatic carbocycles. The molecule has 4 rings (SSSR count). The first kappa shape index (κ1) is 20.2. The number of nitrogens with zero attached hydrogens (tertiary/aromatic N) is 4. The predicted octanol–water partition coefficient (Wildman–Crippen LogP) is -1.62. The number of aliphatic hydroxyl groups excluding tert-OH is 3. The van der Waals surface area contributed by atoms with E-state index in [1.807, 2.05) is 30.3 Å². The summed E-state index contributed by atoms with van der Waals surface area (Å²) in [5, 5.41) is 37.4. The minimum absolute atomic E-state index is 0.0964. The van der Waals surface area contributed by atoms with Crippen LogP contribution in [0.1, 0.15) is 23.0 Å². The summed E-state index contributed by atoms with van der Waals surface area (Å²) in [7, 11) is 0. The summed E-state index contributed by atoms with van der Waals surface area (Å²) in [4.78, 5) is 26.7. The fraction of sp³-hybridized carbons (Fsp3) is 0.368. The molecule has 11 nitrogen and oxygen atoms in total. The second-order valence-electron chi connectivity index (χ2n) is 7.12. The molecule has 1 aliphatic rings. The summed E-state index contributed by atoms with van der Waals surface area (Å²) in [6.07, 6.45) is -2.02. The molecule has 0 radical (unpaired) electrons. The molecule has 1 aliphatic heterocycles. The smallest absolute Gasteiger partial charge is 0.330 e. The third kappa shape index (κ3) is 3.96. The highest BCUT2D eigenvalue weighted by Gasteiger charge is 2.43. The van der Waals surface area contributed by atoms with Gasteiger partial charge in [0.15, 0.2) is 6.23 Å². The molecule has 30 heavy (non-hydrogen) atoms. The number of hydrogen-bond acceptors (Lipinski definition) is 8. The molecule has 1 fully saturated rings. The van der Waals surface area contributed by atoms with E-state index in [0.717, 1.165) is 10.1 Å². The van der Waals surface area contributed by atoms with Crippen molar-refractivity contribution in [3.8, 4) is 0 Å². The van der Waals surface area contributed by atoms with Gasteiger partial charge in [0.05, 0.1) is 18.8 Å². The van der Waals surface area contributed by atoms with E-state index in [0.29, 0.717) is 12.2 Å². The van der Waals surface area contributed by atoms with E-state index in [2.05, 4.69) is 15.3 Å². The van der Waals surface area contributed by atoms with Crippen molar-refractivity contribution in [1.29, 1.82) is 0 Å². The Morgan fingerprint density at radius 1 is 1.10 bits per heavy atom. The van der Waals surface area contributed by atoms with E-state index in [4.69, 9.17) is 4.74 Å². The summed E-state index contributed by atoms with van der Waals surface area (Å²) in [5.74, 6) is 0. The van der Waals surface area contributed by atoms with Crippen molar-refractivity contribution in [2.75, 3.05) is 6.61 Å². The monoisotopic (exact) mass is 415 g/mol. The molecular weight excluding hydrogens is 394 g/mol. The molecular formula is C19H21N5O6. The van der Waals surface area contributed by atoms with E-state index in [1.165, 1.54) is 6.20 Å². The number of hydrogen-bond donors (Lipinski definition) is 4. The van der Waals surface area contributed by atoms with Crippen molar-refractivity contribution in [2.45, 2.75) is 37.5 Å². The van der Waals surface area contributed by atoms with E-state index in [-0.39, 0.29) is 12.0 Å². The van der Waals surface area contributed by atoms with Crippen LogP contribution in [0.2, 0.25) is 0 Å². The Morgan fingerprint density at radius 3 is 2.57 bits per heavy atom. The Labute approximate surface area is 169 Å². The third-order valence-corrected chi connectivity index (χ3v) is 4.98. The zero-order chi connectivity index (χ0) is 21.3. The molecule has 11 heteroatoms. The predicted molar refractivity (Wildman–Crippen MR) is 103 cm³/mol. The van der Waals surface area contributed by atoms with Gasteiger partial charge in [0.25, 0.3) is 5.56 Å². The SMILES string of the molecule is O=c1[nH]c(=O)n(C2OC(CO)C(O)C2O)cc1Cc1cn(Cc2ccccc2)nn1. The number of benzene rings is 1. The second-order valence-corrected chi connectivity index (χ2v) is 7.12. The first-order valence-corrected chi connectivity index (χ1v) is 9.36. The van der Waals surface area contributed by atoms with Gasteiger partial charge in [0, 0.05) is 24.4 Å². The number of aromatic amines is 1. The Balaban J connectivity index is 1.56. The minimum atomic E-state index is -1.44. The molecule has 4 N–H and O–H groups in total. The third-order valence-electron chi connectivity index (χ3n) is 4.98. The van der Waals surface area contributed by atoms with Gasteiger partial charge in [0.1, 0.15) is 18.3 Å². The van der Waals surface area contributed by atoms with Gasteiger partial charge in [-0.25, -0.2) is 9.48 Å². The van der Waals surface area contributed by atoms with E-state index in [9.17, 15) is 24.9 Å². The van der Waals surface area contributed by atoms with Crippen molar-refractivity contribution in [2.24, 2.45) is 0 Å². The standard InChI is InChI=1S/C19H21N5O6/c25-10-14-15(26)16(27)18(30-14)24-8-12(17(28)20-19(24)29)6-13-9-23(22-21-13)7-11-4-2-1-3-5-11/h1-5,8-9,14-16,18,25-27H,6-7,10H2,(H,20,28,29). The Hall–Kier alpha value is -3.12. The van der Waals surface area contributed by atoms with Crippen LogP contribution in [0.5, 0.6) is 0 Å². The van der Waals surface area contributed by atoms with Crippen molar-refractivity contribution in [3.63, 3.8) is 0 Å². The molecule has 4 atom stereocenters. The Bertz CT molecular complexity index is 1120. The lowest BCUT2D eigenvalue weighted by molar-refractivity contribution is -0.0551. The van der Waals surface area contributed by atoms with E-state index in [1.54, 1.807) is 10.9 Å². The fourth-order valence-corrected chi connectivity index (χ4v) is 3.41. The molecule has 0 saturated carbocycles. The lowest BCUT2D eigenvalue weighted by atomic mass is 10.1. The maximum atomic E-state index is 12.3. The number of aliphatic hydroxyl groups is 3. The lowest BCUT2D eigenvalue weighted by Crippen LogP contribution is -2.39. The number of nitrogens with one attached hydrogen (secondary N) is 1. The molecule has 0 bridgehead atoms. The highest BCUT2D eigenvalue weighted by molar-refractivity contribution is 5.17. The molecule has 3 heterocycles. The van der Waals surface area contributed by atoms with Crippen molar-refractivity contribution in [1.82, 2.24) is 24.5 Å². The van der Waals surface area contributed by atoms with E-state index >= 15 is 0 Å². The first-order valence-electron chi connectivity index (χ1n) is 9.36. The lowest BCUT2D eigenvalue weighted by Gasteiger charge is -2.17. The first-order chi connectivity index (χ1) is 14.5. The highest BCUT2D eigenvalue weighted by Crippen LogP contribution is 2.28. The molecule has 158 valence electrons. The molecule has 0 spiro atoms. The van der Waals surface area contributed by atoms with Gasteiger partial charge in [-0.05, 0) is 5.56 Å². The van der Waals surface area contributed by atoms with Crippen molar-refractivity contribution in [3.05, 3.63) is 80.4 Å². The number of H-pyrrole nitrogens is 1. The summed E-state index contributed by atoms with van der Waals surface area (Å²) in [5.41, 5.74) is 0.374. The maximum Gasteiger partial charge on any atom is 0.330 e. The normalized spacial score (nSPS) is 23.7. The Kier molecular flexibility index (Phi) is 5.59. The van der Waals surface area contributed by atoms with Gasteiger partial charge in [-0.3, -0.25) is 14.3 Å². The van der Waals surface area contributed by atoms with Crippen LogP contribution in [0.25, 0.3) is 0 Å². The van der Waals surface area contributed by atoms with Crippen LogP contribution in [0, 0.1) is 0 Å². The quantitative estimate of drug-likeness (QED) is 0.374. The second kappa shape index (κ2) is 8.32. The largest absolute Gasteiger partial charge is 0.394 e. The van der Waals surface area contributed by atoms with Gasteiger partial charge < -0.3 is 20.1 Å². The number of aromatic nitrogens is 5. The zero-order valence-corrected chi connectivity index (χ0v) is 15.8. The number of ether oxygens (including phenoxy) is 1. The average molecular weight is 415 g/mol. The summed E-state index contributed by atoms with van der Waals surface area (Å²) in [6.45, 7) is -0.00353. The van der Waals surface area contributed by atoms with Crippen LogP contribution in [-0.2, 0) is 17.7 Å². The van der Waals surface area contributed by atoms with Gasteiger partial charge in [0.2, 0.25) is 0 Å². The summed E-state index contributed by atoms with van der Waals surface area (Å²) < 4.78 is 8.01. The highest BCUT2D eigenvalue weighted by atomic mass is 16.6. The van der Waals surface area contributed by atoms with Crippen LogP contribution in [-0.4, -0.2) is 64.8 Å². The van der Waals surface area contributed by atoms with Crippen LogP contribution in [0.3, 0.4) is 0 Å². The Morgan fingerprint density at radius 2 is 1.87 bits per heavy atom. The van der Waals surface area contributed by atoms with Crippen LogP contribution in [0.15, 0.2) is 52.3 Å². The molecule has 3 aromatic rings. The average Bonchev–Trinajstić information content (AvgIpc) is 3.29. The van der Waals surface area contributed by atoms with Gasteiger partial charge in [-0.15, -0.1) is 5.10 Å². The molecule has 0 amide bonds. The maximum absolute atomic E-state index is 12.3. The van der Waals surface area contributed by atoms with Crippen LogP contribution < -0.4 is 11.2 Å². The van der Waals surface area contributed by atoms with Crippen LogP contribution >= 0.6 is 0 Å². The topological polar surface area (TPSA) is 155 Å². The zero-order valence-electron chi connectivity index (χ0n) is 15.8. The molecule has 1 aromatic carbocycles. The molecule has 4 unspecified atom stereocenters. The van der Waals surface area contributed by atoms with Gasteiger partial charge in [-0.1, -0.05) is 35.5 Å². The number of rotatable bonds is 6.